The molecule has 0 aliphatic rings. The Hall–Kier alpha value is -1.87. The number of benzene rings is 1. The van der Waals surface area contributed by atoms with Crippen LogP contribution in [0.3, 0.4) is 0 Å². The van der Waals surface area contributed by atoms with Crippen molar-refractivity contribution in [3.8, 4) is 11.6 Å². The molecule has 3 heteroatoms. The summed E-state index contributed by atoms with van der Waals surface area (Å²) in [6.45, 7) is 10.3. The number of aromatic nitrogens is 1. The smallest absolute Gasteiger partial charge is 0.225 e. The molecule has 0 radical (unpaired) electrons. The van der Waals surface area contributed by atoms with Crippen LogP contribution >= 0.6 is 0 Å². The Morgan fingerprint density at radius 3 is 2.48 bits per heavy atom. The van der Waals surface area contributed by atoms with Crippen molar-refractivity contribution in [2.45, 2.75) is 46.6 Å². The van der Waals surface area contributed by atoms with Crippen LogP contribution in [-0.4, -0.2) is 10.1 Å². The summed E-state index contributed by atoms with van der Waals surface area (Å²) in [7, 11) is 0. The number of aliphatic hydroxyl groups excluding tert-OH is 1. The summed E-state index contributed by atoms with van der Waals surface area (Å²) in [5.74, 6) is 1.23. The Morgan fingerprint density at radius 1 is 1.14 bits per heavy atom. The van der Waals surface area contributed by atoms with Crippen LogP contribution in [-0.2, 0) is 12.0 Å². The van der Waals surface area contributed by atoms with E-state index in [0.717, 1.165) is 22.6 Å². The Bertz CT molecular complexity index is 642. The zero-order valence-corrected chi connectivity index (χ0v) is 13.4. The van der Waals surface area contributed by atoms with Crippen LogP contribution in [0.1, 0.15) is 43.2 Å². The second-order valence-corrected chi connectivity index (χ2v) is 6.40. The van der Waals surface area contributed by atoms with Gasteiger partial charge in [-0.2, -0.15) is 0 Å². The lowest BCUT2D eigenvalue weighted by atomic mass is 9.87. The van der Waals surface area contributed by atoms with E-state index in [2.05, 4.69) is 31.8 Å². The molecule has 0 aliphatic carbocycles. The van der Waals surface area contributed by atoms with Crippen molar-refractivity contribution in [2.24, 2.45) is 0 Å². The third kappa shape index (κ3) is 3.61. The van der Waals surface area contributed by atoms with Crippen molar-refractivity contribution in [1.82, 2.24) is 4.98 Å². The van der Waals surface area contributed by atoms with Crippen LogP contribution in [0.2, 0.25) is 0 Å². The summed E-state index contributed by atoms with van der Waals surface area (Å²) in [4.78, 5) is 4.41. The van der Waals surface area contributed by atoms with Gasteiger partial charge in [-0.15, -0.1) is 0 Å². The fraction of sp³-hybridized carbons (Fsp3) is 0.389. The van der Waals surface area contributed by atoms with Crippen molar-refractivity contribution in [3.63, 3.8) is 0 Å². The minimum absolute atomic E-state index is 0.0646. The molecule has 0 saturated carbocycles. The van der Waals surface area contributed by atoms with Gasteiger partial charge in [-0.3, -0.25) is 0 Å². The minimum Gasteiger partial charge on any atom is -0.439 e. The van der Waals surface area contributed by atoms with Crippen molar-refractivity contribution in [2.75, 3.05) is 0 Å². The second-order valence-electron chi connectivity index (χ2n) is 6.40. The quantitative estimate of drug-likeness (QED) is 0.915. The first-order valence-corrected chi connectivity index (χ1v) is 7.17. The van der Waals surface area contributed by atoms with Gasteiger partial charge in [-0.25, -0.2) is 4.98 Å². The summed E-state index contributed by atoms with van der Waals surface area (Å²) in [6, 6.07) is 9.96. The third-order valence-electron chi connectivity index (χ3n) is 3.51. The molecule has 0 spiro atoms. The number of nitrogens with zero attached hydrogens (tertiary/aromatic N) is 1. The summed E-state index contributed by atoms with van der Waals surface area (Å²) < 4.78 is 5.93. The molecule has 2 aromatic rings. The molecular formula is C18H23NO2. The lowest BCUT2D eigenvalue weighted by Crippen LogP contribution is -2.10. The molecule has 0 aliphatic heterocycles. The van der Waals surface area contributed by atoms with E-state index in [4.69, 9.17) is 4.74 Å². The predicted octanol–water partition coefficient (Wildman–Crippen LogP) is 4.28. The summed E-state index contributed by atoms with van der Waals surface area (Å²) in [6.07, 6.45) is 0. The van der Waals surface area contributed by atoms with Crippen molar-refractivity contribution in [3.05, 3.63) is 52.7 Å². The fourth-order valence-corrected chi connectivity index (χ4v) is 2.24. The molecule has 0 bridgehead atoms. The maximum Gasteiger partial charge on any atom is 0.225 e. The highest BCUT2D eigenvalue weighted by molar-refractivity contribution is 5.40. The molecule has 1 heterocycles. The molecule has 0 amide bonds. The van der Waals surface area contributed by atoms with E-state index in [0.29, 0.717) is 5.88 Å². The van der Waals surface area contributed by atoms with Gasteiger partial charge < -0.3 is 9.84 Å². The van der Waals surface area contributed by atoms with Crippen LogP contribution in [0.25, 0.3) is 0 Å². The van der Waals surface area contributed by atoms with Crippen LogP contribution < -0.4 is 4.74 Å². The van der Waals surface area contributed by atoms with E-state index in [9.17, 15) is 5.11 Å². The number of aliphatic hydroxyl groups is 1. The van der Waals surface area contributed by atoms with Gasteiger partial charge in [0.2, 0.25) is 5.88 Å². The van der Waals surface area contributed by atoms with Gasteiger partial charge in [0.1, 0.15) is 5.75 Å². The van der Waals surface area contributed by atoms with E-state index in [1.54, 1.807) is 0 Å². The lowest BCUT2D eigenvalue weighted by molar-refractivity contribution is 0.274. The Morgan fingerprint density at radius 2 is 1.86 bits per heavy atom. The first-order chi connectivity index (χ1) is 9.81. The lowest BCUT2D eigenvalue weighted by Gasteiger charge is -2.20. The zero-order valence-electron chi connectivity index (χ0n) is 13.4. The molecule has 1 aromatic carbocycles. The summed E-state index contributed by atoms with van der Waals surface area (Å²) in [5.41, 5.74) is 3.88. The Labute approximate surface area is 126 Å². The Balaban J connectivity index is 2.39. The summed E-state index contributed by atoms with van der Waals surface area (Å²) >= 11 is 0. The second kappa shape index (κ2) is 5.86. The SMILES string of the molecule is Cc1cc(C)c(CO)c(Oc2cccc(C(C)(C)C)c2)n1. The van der Waals surface area contributed by atoms with Crippen molar-refractivity contribution >= 4 is 0 Å². The molecule has 2 rings (SSSR count). The maximum atomic E-state index is 9.53. The first kappa shape index (κ1) is 15.5. The summed E-state index contributed by atoms with van der Waals surface area (Å²) in [5, 5.41) is 9.53. The molecule has 0 atom stereocenters. The molecule has 21 heavy (non-hydrogen) atoms. The van der Waals surface area contributed by atoms with Gasteiger partial charge in [0.25, 0.3) is 0 Å². The molecule has 1 aromatic heterocycles. The third-order valence-corrected chi connectivity index (χ3v) is 3.51. The first-order valence-electron chi connectivity index (χ1n) is 7.17. The minimum atomic E-state index is -0.0760. The largest absolute Gasteiger partial charge is 0.439 e. The van der Waals surface area contributed by atoms with E-state index in [1.165, 1.54) is 5.56 Å². The van der Waals surface area contributed by atoms with Crippen LogP contribution in [0.15, 0.2) is 30.3 Å². The molecular weight excluding hydrogens is 262 g/mol. The number of rotatable bonds is 3. The van der Waals surface area contributed by atoms with E-state index >= 15 is 0 Å². The zero-order chi connectivity index (χ0) is 15.6. The number of hydrogen-bond donors (Lipinski definition) is 1. The highest BCUT2D eigenvalue weighted by Crippen LogP contribution is 2.30. The number of ether oxygens (including phenoxy) is 1. The molecule has 112 valence electrons. The number of hydrogen-bond acceptors (Lipinski definition) is 3. The van der Waals surface area contributed by atoms with Crippen molar-refractivity contribution in [1.29, 1.82) is 0 Å². The monoisotopic (exact) mass is 285 g/mol. The topological polar surface area (TPSA) is 42.4 Å². The van der Waals surface area contributed by atoms with E-state index in [-0.39, 0.29) is 12.0 Å². The predicted molar refractivity (Wildman–Crippen MR) is 84.8 cm³/mol. The molecule has 0 unspecified atom stereocenters. The number of aryl methyl sites for hydroxylation is 2. The normalized spacial score (nSPS) is 11.5. The average molecular weight is 285 g/mol. The fourth-order valence-electron chi connectivity index (χ4n) is 2.24. The van der Waals surface area contributed by atoms with Crippen LogP contribution in [0.4, 0.5) is 0 Å². The highest BCUT2D eigenvalue weighted by atomic mass is 16.5. The number of pyridine rings is 1. The van der Waals surface area contributed by atoms with Gasteiger partial charge in [-0.05, 0) is 48.6 Å². The average Bonchev–Trinajstić information content (AvgIpc) is 2.37. The van der Waals surface area contributed by atoms with E-state index < -0.39 is 0 Å². The van der Waals surface area contributed by atoms with E-state index in [1.807, 2.05) is 38.1 Å². The van der Waals surface area contributed by atoms with Crippen LogP contribution in [0, 0.1) is 13.8 Å². The molecule has 0 fully saturated rings. The standard InChI is InChI=1S/C18H23NO2/c1-12-9-13(2)19-17(16(12)11-20)21-15-8-6-7-14(10-15)18(3,4)5/h6-10,20H,11H2,1-5H3. The molecule has 1 N–H and O–H groups in total. The molecule has 3 nitrogen and oxygen atoms in total. The van der Waals surface area contributed by atoms with Crippen LogP contribution in [0.5, 0.6) is 11.6 Å². The van der Waals surface area contributed by atoms with Crippen molar-refractivity contribution < 1.29 is 9.84 Å². The highest BCUT2D eigenvalue weighted by Gasteiger charge is 2.15. The van der Waals surface area contributed by atoms with Gasteiger partial charge in [0.05, 0.1) is 6.61 Å². The van der Waals surface area contributed by atoms with Gasteiger partial charge in [0, 0.05) is 11.3 Å². The molecule has 0 saturated heterocycles. The Kier molecular flexibility index (Phi) is 4.33. The maximum absolute atomic E-state index is 9.53. The van der Waals surface area contributed by atoms with Gasteiger partial charge in [0.15, 0.2) is 0 Å². The van der Waals surface area contributed by atoms with Gasteiger partial charge >= 0.3 is 0 Å². The van der Waals surface area contributed by atoms with Gasteiger partial charge in [-0.1, -0.05) is 32.9 Å².